The van der Waals surface area contributed by atoms with Gasteiger partial charge in [0.2, 0.25) is 0 Å². The predicted molar refractivity (Wildman–Crippen MR) is 123 cm³/mol. The van der Waals surface area contributed by atoms with Gasteiger partial charge in [0.05, 0.1) is 10.9 Å². The molecule has 0 bridgehead atoms. The van der Waals surface area contributed by atoms with Crippen LogP contribution in [0.15, 0.2) is 41.3 Å². The first kappa shape index (κ1) is 21.5. The Balaban J connectivity index is 1.45. The molecule has 2 unspecified atom stereocenters. The second kappa shape index (κ2) is 8.23. The summed E-state index contributed by atoms with van der Waals surface area (Å²) in [6, 6.07) is 11.2. The summed E-state index contributed by atoms with van der Waals surface area (Å²) in [5.74, 6) is 0.644. The van der Waals surface area contributed by atoms with Gasteiger partial charge in [0.1, 0.15) is 11.9 Å². The molecule has 2 heterocycles. The molecule has 5 rings (SSSR count). The summed E-state index contributed by atoms with van der Waals surface area (Å²) in [4.78, 5) is 5.43. The predicted octanol–water partition coefficient (Wildman–Crippen LogP) is 4.22. The van der Waals surface area contributed by atoms with E-state index in [9.17, 15) is 8.42 Å². The highest BCUT2D eigenvalue weighted by atomic mass is 35.5. The van der Waals surface area contributed by atoms with Crippen LogP contribution in [0.5, 0.6) is 5.75 Å². The topological polar surface area (TPSA) is 49.9 Å². The molecule has 2 fully saturated rings. The molecule has 1 aliphatic carbocycles. The molecule has 2 aliphatic heterocycles. The van der Waals surface area contributed by atoms with Crippen LogP contribution >= 0.6 is 23.2 Å². The minimum absolute atomic E-state index is 0.170. The van der Waals surface area contributed by atoms with Crippen LogP contribution in [-0.2, 0) is 16.3 Å². The molecule has 2 aromatic carbocycles. The molecular weight excluding hydrogens is 455 g/mol. The largest absolute Gasteiger partial charge is 0.484 e. The quantitative estimate of drug-likeness (QED) is 0.655. The van der Waals surface area contributed by atoms with Crippen molar-refractivity contribution in [2.75, 3.05) is 32.4 Å². The highest BCUT2D eigenvalue weighted by molar-refractivity contribution is 7.90. The Morgan fingerprint density at radius 2 is 1.77 bits per heavy atom. The van der Waals surface area contributed by atoms with Crippen molar-refractivity contribution in [3.05, 3.63) is 57.6 Å². The molecule has 0 saturated carbocycles. The average Bonchev–Trinajstić information content (AvgIpc) is 3.32. The van der Waals surface area contributed by atoms with Crippen molar-refractivity contribution in [2.45, 2.75) is 42.3 Å². The Kier molecular flexibility index (Phi) is 5.72. The number of sulfone groups is 1. The van der Waals surface area contributed by atoms with Gasteiger partial charge in [-0.05, 0) is 67.8 Å². The zero-order chi connectivity index (χ0) is 21.8. The fourth-order valence-corrected chi connectivity index (χ4v) is 6.52. The third-order valence-electron chi connectivity index (χ3n) is 6.87. The number of halogens is 2. The first-order valence-corrected chi connectivity index (χ1v) is 13.4. The molecule has 3 aliphatic rings. The molecule has 0 spiro atoms. The highest BCUT2D eigenvalue weighted by Crippen LogP contribution is 2.43. The van der Waals surface area contributed by atoms with Crippen molar-refractivity contribution in [3.63, 3.8) is 0 Å². The summed E-state index contributed by atoms with van der Waals surface area (Å²) in [6.45, 7) is 4.34. The van der Waals surface area contributed by atoms with E-state index in [2.05, 4.69) is 9.80 Å². The fraction of sp³-hybridized carbons (Fsp3) is 0.478. The van der Waals surface area contributed by atoms with Gasteiger partial charge in [-0.25, -0.2) is 8.42 Å². The maximum absolute atomic E-state index is 11.8. The lowest BCUT2D eigenvalue weighted by atomic mass is 10.1. The fourth-order valence-electron chi connectivity index (χ4n) is 5.31. The molecule has 0 amide bonds. The molecule has 8 heteroatoms. The number of rotatable bonds is 4. The van der Waals surface area contributed by atoms with Crippen LogP contribution in [0, 0.1) is 0 Å². The maximum Gasteiger partial charge on any atom is 0.175 e. The first-order valence-electron chi connectivity index (χ1n) is 10.7. The van der Waals surface area contributed by atoms with Crippen molar-refractivity contribution < 1.29 is 13.2 Å². The molecule has 0 N–H and O–H groups in total. The molecule has 0 aromatic heterocycles. The number of hydrogen-bond donors (Lipinski definition) is 0. The Labute approximate surface area is 193 Å². The van der Waals surface area contributed by atoms with E-state index in [1.54, 1.807) is 30.3 Å². The molecular formula is C23H26Cl2N2O3S. The monoisotopic (exact) mass is 480 g/mol. The molecule has 166 valence electrons. The number of fused-ring (bicyclic) bond motifs is 2. The lowest BCUT2D eigenvalue weighted by Crippen LogP contribution is -2.54. The van der Waals surface area contributed by atoms with E-state index in [-0.39, 0.29) is 17.0 Å². The summed E-state index contributed by atoms with van der Waals surface area (Å²) in [6.07, 6.45) is 4.35. The molecule has 31 heavy (non-hydrogen) atoms. The van der Waals surface area contributed by atoms with Gasteiger partial charge in [-0.1, -0.05) is 23.2 Å². The van der Waals surface area contributed by atoms with Crippen LogP contribution in [0.25, 0.3) is 0 Å². The van der Waals surface area contributed by atoms with Gasteiger partial charge in [-0.15, -0.1) is 0 Å². The van der Waals surface area contributed by atoms with Crippen molar-refractivity contribution in [3.8, 4) is 5.75 Å². The first-order chi connectivity index (χ1) is 14.8. The number of nitrogens with zero attached hydrogens (tertiary/aromatic N) is 2. The van der Waals surface area contributed by atoms with Gasteiger partial charge in [0.25, 0.3) is 0 Å². The zero-order valence-electron chi connectivity index (χ0n) is 17.4. The molecule has 3 atom stereocenters. The van der Waals surface area contributed by atoms with Gasteiger partial charge in [-0.2, -0.15) is 0 Å². The second-order valence-electron chi connectivity index (χ2n) is 8.84. The van der Waals surface area contributed by atoms with Gasteiger partial charge in [0, 0.05) is 47.5 Å². The van der Waals surface area contributed by atoms with E-state index in [4.69, 9.17) is 27.9 Å². The van der Waals surface area contributed by atoms with E-state index >= 15 is 0 Å². The molecule has 2 saturated heterocycles. The standard InChI is InChI=1S/C23H26Cl2N2O3S/c1-31(28,29)18-6-4-17(5-7-18)30-23-20-11-15(24)12-21(25)19(20)13-22(23)27-10-9-26-8-2-3-16(26)14-27/h4-7,11-12,16,22-23H,2-3,8-10,13-14H2,1H3/t16-,22?,23?/m0/s1. The Morgan fingerprint density at radius 1 is 1.03 bits per heavy atom. The Morgan fingerprint density at radius 3 is 2.52 bits per heavy atom. The third-order valence-corrected chi connectivity index (χ3v) is 8.55. The van der Waals surface area contributed by atoms with E-state index in [0.717, 1.165) is 37.2 Å². The van der Waals surface area contributed by atoms with Gasteiger partial charge in [0.15, 0.2) is 9.84 Å². The van der Waals surface area contributed by atoms with Crippen molar-refractivity contribution in [1.82, 2.24) is 9.80 Å². The average molecular weight is 481 g/mol. The summed E-state index contributed by atoms with van der Waals surface area (Å²) in [5, 5.41) is 1.29. The van der Waals surface area contributed by atoms with Crippen LogP contribution in [0.4, 0.5) is 0 Å². The highest BCUT2D eigenvalue weighted by Gasteiger charge is 2.42. The summed E-state index contributed by atoms with van der Waals surface area (Å²) < 4.78 is 30.1. The van der Waals surface area contributed by atoms with Crippen LogP contribution in [-0.4, -0.2) is 62.7 Å². The second-order valence-corrected chi connectivity index (χ2v) is 11.7. The molecule has 5 nitrogen and oxygen atoms in total. The van der Waals surface area contributed by atoms with Crippen LogP contribution in [0.2, 0.25) is 10.0 Å². The lowest BCUT2D eigenvalue weighted by molar-refractivity contribution is 0.0242. The van der Waals surface area contributed by atoms with E-state index in [1.165, 1.54) is 25.6 Å². The minimum atomic E-state index is -3.25. The smallest absolute Gasteiger partial charge is 0.175 e. The number of benzene rings is 2. The molecule has 2 aromatic rings. The summed E-state index contributed by atoms with van der Waals surface area (Å²) >= 11 is 12.9. The number of hydrogen-bond acceptors (Lipinski definition) is 5. The van der Waals surface area contributed by atoms with Gasteiger partial charge in [-0.3, -0.25) is 9.80 Å². The molecule has 0 radical (unpaired) electrons. The van der Waals surface area contributed by atoms with E-state index < -0.39 is 9.84 Å². The van der Waals surface area contributed by atoms with E-state index in [1.807, 2.05) is 6.07 Å². The van der Waals surface area contributed by atoms with Gasteiger partial charge >= 0.3 is 0 Å². The number of ether oxygens (including phenoxy) is 1. The minimum Gasteiger partial charge on any atom is -0.484 e. The van der Waals surface area contributed by atoms with Crippen molar-refractivity contribution in [1.29, 1.82) is 0 Å². The number of piperazine rings is 1. The summed E-state index contributed by atoms with van der Waals surface area (Å²) in [7, 11) is -3.25. The van der Waals surface area contributed by atoms with Gasteiger partial charge < -0.3 is 4.74 Å². The normalized spacial score (nSPS) is 26.6. The Bertz CT molecular complexity index is 1090. The lowest BCUT2D eigenvalue weighted by Gasteiger charge is -2.42. The summed E-state index contributed by atoms with van der Waals surface area (Å²) in [5.41, 5.74) is 2.13. The van der Waals surface area contributed by atoms with Crippen molar-refractivity contribution in [2.24, 2.45) is 0 Å². The van der Waals surface area contributed by atoms with E-state index in [0.29, 0.717) is 21.8 Å². The van der Waals surface area contributed by atoms with Crippen LogP contribution in [0.1, 0.15) is 30.1 Å². The SMILES string of the molecule is CS(=O)(=O)c1ccc(OC2c3cc(Cl)cc(Cl)c3CC2N2CCN3CCC[C@H]3C2)cc1. The third kappa shape index (κ3) is 4.21. The zero-order valence-corrected chi connectivity index (χ0v) is 19.8. The maximum atomic E-state index is 11.8. The Hall–Kier alpha value is -1.31. The van der Waals surface area contributed by atoms with Crippen molar-refractivity contribution >= 4 is 33.0 Å². The van der Waals surface area contributed by atoms with Crippen LogP contribution in [0.3, 0.4) is 0 Å². The van der Waals surface area contributed by atoms with Crippen LogP contribution < -0.4 is 4.74 Å².